The fourth-order valence-electron chi connectivity index (χ4n) is 2.41. The summed E-state index contributed by atoms with van der Waals surface area (Å²) in [6.45, 7) is 0. The Bertz CT molecular complexity index is 180. The van der Waals surface area contributed by atoms with E-state index in [0.29, 0.717) is 5.82 Å². The van der Waals surface area contributed by atoms with Gasteiger partial charge in [-0.1, -0.05) is 0 Å². The summed E-state index contributed by atoms with van der Waals surface area (Å²) in [4.78, 5) is 0. The van der Waals surface area contributed by atoms with Gasteiger partial charge in [0, 0.05) is 0 Å². The lowest BCUT2D eigenvalue weighted by Crippen LogP contribution is -2.15. The van der Waals surface area contributed by atoms with E-state index in [4.69, 9.17) is 11.5 Å². The fourth-order valence-corrected chi connectivity index (χ4v) is 2.41. The van der Waals surface area contributed by atoms with Gasteiger partial charge in [0.25, 0.3) is 0 Å². The van der Waals surface area contributed by atoms with Crippen LogP contribution in [0.3, 0.4) is 0 Å². The molecule has 0 aromatic carbocycles. The zero-order valence-electron chi connectivity index (χ0n) is 6.14. The third-order valence-corrected chi connectivity index (χ3v) is 2.91. The van der Waals surface area contributed by atoms with Gasteiger partial charge in [0.15, 0.2) is 0 Å². The highest BCUT2D eigenvalue weighted by Gasteiger charge is 2.36. The molecule has 2 unspecified atom stereocenters. The molecular formula is C8H14N2. The lowest BCUT2D eigenvalue weighted by atomic mass is 9.95. The molecule has 0 spiro atoms. The maximum Gasteiger partial charge on any atom is 0.0928 e. The summed E-state index contributed by atoms with van der Waals surface area (Å²) < 4.78 is 0. The molecule has 2 saturated carbocycles. The van der Waals surface area contributed by atoms with Crippen LogP contribution in [-0.4, -0.2) is 0 Å². The third kappa shape index (κ3) is 0.713. The Kier molecular flexibility index (Phi) is 1.16. The monoisotopic (exact) mass is 138 g/mol. The van der Waals surface area contributed by atoms with E-state index >= 15 is 0 Å². The fraction of sp³-hybridized carbons (Fsp3) is 0.750. The first kappa shape index (κ1) is 6.08. The van der Waals surface area contributed by atoms with Gasteiger partial charge in [0.2, 0.25) is 0 Å². The van der Waals surface area contributed by atoms with Gasteiger partial charge in [0.1, 0.15) is 0 Å². The summed E-state index contributed by atoms with van der Waals surface area (Å²) in [6, 6.07) is 0. The normalized spacial score (nSPS) is 37.0. The second-order valence-electron chi connectivity index (χ2n) is 3.56. The van der Waals surface area contributed by atoms with Crippen molar-refractivity contribution in [2.24, 2.45) is 23.3 Å². The van der Waals surface area contributed by atoms with Crippen LogP contribution in [0, 0.1) is 11.8 Å². The average Bonchev–Trinajstić information content (AvgIpc) is 2.44. The molecule has 2 heteroatoms. The van der Waals surface area contributed by atoms with Crippen LogP contribution >= 0.6 is 0 Å². The third-order valence-electron chi connectivity index (χ3n) is 2.91. The zero-order valence-corrected chi connectivity index (χ0v) is 6.14. The van der Waals surface area contributed by atoms with Gasteiger partial charge in [0.05, 0.1) is 5.82 Å². The molecule has 2 aliphatic rings. The van der Waals surface area contributed by atoms with Crippen molar-refractivity contribution in [1.29, 1.82) is 0 Å². The second kappa shape index (κ2) is 1.91. The van der Waals surface area contributed by atoms with E-state index in [9.17, 15) is 0 Å². The first-order chi connectivity index (χ1) is 4.77. The predicted octanol–water partition coefficient (Wildman–Crippen LogP) is 0.935. The first-order valence-electron chi connectivity index (χ1n) is 4.01. The molecule has 4 N–H and O–H groups in total. The van der Waals surface area contributed by atoms with Gasteiger partial charge in [-0.3, -0.25) is 0 Å². The first-order valence-corrected chi connectivity index (χ1v) is 4.01. The Morgan fingerprint density at radius 2 is 2.10 bits per heavy atom. The number of rotatable bonds is 0. The second-order valence-corrected chi connectivity index (χ2v) is 3.56. The molecule has 2 nitrogen and oxygen atoms in total. The number of allylic oxidation sites excluding steroid dienone is 1. The van der Waals surface area contributed by atoms with Crippen LogP contribution in [0.4, 0.5) is 0 Å². The van der Waals surface area contributed by atoms with Crippen LogP contribution in [0.5, 0.6) is 0 Å². The molecule has 0 aromatic rings. The molecule has 56 valence electrons. The Hall–Kier alpha value is -0.660. The highest BCUT2D eigenvalue weighted by atomic mass is 14.8. The minimum absolute atomic E-state index is 0.604. The maximum atomic E-state index is 5.54. The van der Waals surface area contributed by atoms with E-state index < -0.39 is 0 Å². The summed E-state index contributed by atoms with van der Waals surface area (Å²) in [7, 11) is 0. The van der Waals surface area contributed by atoms with E-state index in [0.717, 1.165) is 11.8 Å². The average molecular weight is 138 g/mol. The van der Waals surface area contributed by atoms with E-state index in [1.807, 2.05) is 0 Å². The SMILES string of the molecule is NC(N)=C1CC2CCC1C2. The Labute approximate surface area is 61.3 Å². The molecule has 0 heterocycles. The smallest absolute Gasteiger partial charge is 0.0928 e. The molecular weight excluding hydrogens is 124 g/mol. The van der Waals surface area contributed by atoms with E-state index in [-0.39, 0.29) is 0 Å². The van der Waals surface area contributed by atoms with E-state index in [1.165, 1.54) is 31.3 Å². The van der Waals surface area contributed by atoms with Gasteiger partial charge in [-0.05, 0) is 43.1 Å². The van der Waals surface area contributed by atoms with Crippen molar-refractivity contribution in [1.82, 2.24) is 0 Å². The van der Waals surface area contributed by atoms with Crippen LogP contribution < -0.4 is 11.5 Å². The molecule has 2 bridgehead atoms. The predicted molar refractivity (Wildman–Crippen MR) is 40.8 cm³/mol. The number of fused-ring (bicyclic) bond motifs is 2. The molecule has 0 aliphatic heterocycles. The van der Waals surface area contributed by atoms with Gasteiger partial charge >= 0.3 is 0 Å². The molecule has 2 atom stereocenters. The number of hydrogen-bond acceptors (Lipinski definition) is 2. The topological polar surface area (TPSA) is 52.0 Å². The van der Waals surface area contributed by atoms with E-state index in [1.54, 1.807) is 0 Å². The van der Waals surface area contributed by atoms with E-state index in [2.05, 4.69) is 0 Å². The van der Waals surface area contributed by atoms with Crippen molar-refractivity contribution in [3.05, 3.63) is 11.4 Å². The molecule has 0 radical (unpaired) electrons. The van der Waals surface area contributed by atoms with Crippen molar-refractivity contribution in [2.75, 3.05) is 0 Å². The van der Waals surface area contributed by atoms with Gasteiger partial charge < -0.3 is 11.5 Å². The van der Waals surface area contributed by atoms with Gasteiger partial charge in [-0.2, -0.15) is 0 Å². The minimum atomic E-state index is 0.604. The minimum Gasteiger partial charge on any atom is -0.386 e. The van der Waals surface area contributed by atoms with Crippen LogP contribution in [0.15, 0.2) is 11.4 Å². The van der Waals surface area contributed by atoms with Crippen LogP contribution in [0.2, 0.25) is 0 Å². The quantitative estimate of drug-likeness (QED) is 0.523. The van der Waals surface area contributed by atoms with Gasteiger partial charge in [-0.15, -0.1) is 0 Å². The van der Waals surface area contributed by atoms with Crippen LogP contribution in [-0.2, 0) is 0 Å². The molecule has 2 rings (SSSR count). The molecule has 2 aliphatic carbocycles. The number of nitrogens with two attached hydrogens (primary N) is 2. The van der Waals surface area contributed by atoms with Crippen molar-refractivity contribution >= 4 is 0 Å². The van der Waals surface area contributed by atoms with Gasteiger partial charge in [-0.25, -0.2) is 0 Å². The summed E-state index contributed by atoms with van der Waals surface area (Å²) in [5.74, 6) is 2.28. The summed E-state index contributed by atoms with van der Waals surface area (Å²) in [6.07, 6.45) is 5.28. The largest absolute Gasteiger partial charge is 0.386 e. The highest BCUT2D eigenvalue weighted by Crippen LogP contribution is 2.47. The Balaban J connectivity index is 2.23. The molecule has 0 amide bonds. The lowest BCUT2D eigenvalue weighted by Gasteiger charge is -2.13. The van der Waals surface area contributed by atoms with Crippen molar-refractivity contribution in [3.63, 3.8) is 0 Å². The van der Waals surface area contributed by atoms with Crippen LogP contribution in [0.1, 0.15) is 25.7 Å². The summed E-state index contributed by atoms with van der Waals surface area (Å²) in [5, 5.41) is 0. The summed E-state index contributed by atoms with van der Waals surface area (Å²) >= 11 is 0. The van der Waals surface area contributed by atoms with Crippen molar-refractivity contribution in [2.45, 2.75) is 25.7 Å². The molecule has 0 aromatic heterocycles. The Morgan fingerprint density at radius 3 is 2.40 bits per heavy atom. The van der Waals surface area contributed by atoms with Crippen molar-refractivity contribution < 1.29 is 0 Å². The molecule has 10 heavy (non-hydrogen) atoms. The molecule has 0 saturated heterocycles. The number of hydrogen-bond donors (Lipinski definition) is 2. The van der Waals surface area contributed by atoms with Crippen LogP contribution in [0.25, 0.3) is 0 Å². The zero-order chi connectivity index (χ0) is 7.14. The standard InChI is InChI=1S/C8H14N2/c9-8(10)7-4-5-1-2-6(7)3-5/h5-6H,1-4,9-10H2. The lowest BCUT2D eigenvalue weighted by molar-refractivity contribution is 0.556. The maximum absolute atomic E-state index is 5.54. The molecule has 2 fully saturated rings. The summed E-state index contributed by atoms with van der Waals surface area (Å²) in [5.41, 5.74) is 12.4. The Morgan fingerprint density at radius 1 is 1.30 bits per heavy atom. The highest BCUT2D eigenvalue weighted by molar-refractivity contribution is 5.19. The van der Waals surface area contributed by atoms with Crippen molar-refractivity contribution in [3.8, 4) is 0 Å².